The fourth-order valence-corrected chi connectivity index (χ4v) is 5.35. The summed E-state index contributed by atoms with van der Waals surface area (Å²) in [5, 5.41) is 7.31. The first-order valence-corrected chi connectivity index (χ1v) is 12.3. The number of nitrogens with zero attached hydrogens (tertiary/aromatic N) is 1. The van der Waals surface area contributed by atoms with Gasteiger partial charge in [0, 0.05) is 21.0 Å². The van der Waals surface area contributed by atoms with Crippen LogP contribution in [0, 0.1) is 0 Å². The molecule has 4 nitrogen and oxygen atoms in total. The van der Waals surface area contributed by atoms with Crippen molar-refractivity contribution in [3.63, 3.8) is 0 Å². The van der Waals surface area contributed by atoms with Crippen LogP contribution in [0.1, 0.15) is 52.9 Å². The fraction of sp³-hybridized carbons (Fsp3) is 0.611. The van der Waals surface area contributed by atoms with Gasteiger partial charge in [-0.05, 0) is 89.5 Å². The van der Waals surface area contributed by atoms with Gasteiger partial charge in [-0.2, -0.15) is 0 Å². The summed E-state index contributed by atoms with van der Waals surface area (Å²) in [5.41, 5.74) is 1.86. The van der Waals surface area contributed by atoms with E-state index in [4.69, 9.17) is 4.98 Å². The van der Waals surface area contributed by atoms with Gasteiger partial charge >= 0.3 is 0 Å². The molecule has 0 amide bonds. The second kappa shape index (κ2) is 10.8. The lowest BCUT2D eigenvalue weighted by Crippen LogP contribution is -2.44. The molecule has 0 fully saturated rings. The molecule has 8 heteroatoms. The fourth-order valence-electron chi connectivity index (χ4n) is 3.06. The van der Waals surface area contributed by atoms with E-state index in [2.05, 4.69) is 100 Å². The zero-order chi connectivity index (χ0) is 19.3. The SMILES string of the molecule is CCCCCNC(CC)C(CC)Nc1nc2c(Br)c(Br)c(Br)c(Br)c2[nH]1. The number of halogens is 4. The Labute approximate surface area is 189 Å². The Morgan fingerprint density at radius 1 is 0.885 bits per heavy atom. The average molecular weight is 618 g/mol. The third kappa shape index (κ3) is 5.25. The first-order chi connectivity index (χ1) is 12.4. The second-order valence-corrected chi connectivity index (χ2v) is 9.57. The molecule has 0 aliphatic heterocycles. The molecule has 2 atom stereocenters. The van der Waals surface area contributed by atoms with Gasteiger partial charge in [-0.15, -0.1) is 0 Å². The summed E-state index contributed by atoms with van der Waals surface area (Å²) in [5.74, 6) is 0.798. The van der Waals surface area contributed by atoms with Crippen molar-refractivity contribution in [2.24, 2.45) is 0 Å². The average Bonchev–Trinajstić information content (AvgIpc) is 3.07. The molecule has 0 saturated heterocycles. The molecule has 2 aromatic rings. The number of aromatic nitrogens is 2. The highest BCUT2D eigenvalue weighted by molar-refractivity contribution is 9.15. The number of hydrogen-bond donors (Lipinski definition) is 3. The molecule has 1 aromatic heterocycles. The van der Waals surface area contributed by atoms with E-state index in [1.165, 1.54) is 19.3 Å². The minimum atomic E-state index is 0.326. The number of hydrogen-bond acceptors (Lipinski definition) is 3. The largest absolute Gasteiger partial charge is 0.352 e. The van der Waals surface area contributed by atoms with Gasteiger partial charge in [0.05, 0.1) is 14.5 Å². The Morgan fingerprint density at radius 3 is 2.15 bits per heavy atom. The zero-order valence-electron chi connectivity index (χ0n) is 15.4. The Kier molecular flexibility index (Phi) is 9.40. The maximum atomic E-state index is 4.77. The van der Waals surface area contributed by atoms with E-state index >= 15 is 0 Å². The molecule has 0 bridgehead atoms. The molecule has 0 aliphatic rings. The quantitative estimate of drug-likeness (QED) is 0.148. The summed E-state index contributed by atoms with van der Waals surface area (Å²) in [4.78, 5) is 8.18. The molecule has 2 unspecified atom stereocenters. The van der Waals surface area contributed by atoms with Gasteiger partial charge in [-0.3, -0.25) is 0 Å². The van der Waals surface area contributed by atoms with E-state index in [9.17, 15) is 0 Å². The lowest BCUT2D eigenvalue weighted by Gasteiger charge is -2.27. The molecule has 0 radical (unpaired) electrons. The van der Waals surface area contributed by atoms with E-state index in [-0.39, 0.29) is 0 Å². The smallest absolute Gasteiger partial charge is 0.201 e. The van der Waals surface area contributed by atoms with Gasteiger partial charge in [0.25, 0.3) is 0 Å². The number of aromatic amines is 1. The Hall–Kier alpha value is 0.370. The highest BCUT2D eigenvalue weighted by Gasteiger charge is 2.21. The van der Waals surface area contributed by atoms with E-state index in [0.717, 1.165) is 54.3 Å². The first-order valence-electron chi connectivity index (χ1n) is 9.16. The Morgan fingerprint density at radius 2 is 1.54 bits per heavy atom. The van der Waals surface area contributed by atoms with Crippen molar-refractivity contribution >= 4 is 80.7 Å². The van der Waals surface area contributed by atoms with Crippen molar-refractivity contribution in [1.82, 2.24) is 15.3 Å². The summed E-state index contributed by atoms with van der Waals surface area (Å²) < 4.78 is 3.81. The standard InChI is InChI=1S/C18H26Br4N4/c1-4-7-8-9-23-10(5-2)11(6-3)24-18-25-16-14(21)12(19)13(20)15(22)17(16)26-18/h10-11,23H,4-9H2,1-3H3,(H2,24,25,26). The first kappa shape index (κ1) is 22.7. The van der Waals surface area contributed by atoms with Crippen molar-refractivity contribution in [1.29, 1.82) is 0 Å². The molecule has 0 spiro atoms. The van der Waals surface area contributed by atoms with Crippen LogP contribution < -0.4 is 10.6 Å². The van der Waals surface area contributed by atoms with Gasteiger partial charge in [-0.1, -0.05) is 33.6 Å². The highest BCUT2D eigenvalue weighted by atomic mass is 79.9. The Bertz CT molecular complexity index is 687. The van der Waals surface area contributed by atoms with Gasteiger partial charge < -0.3 is 15.6 Å². The minimum absolute atomic E-state index is 0.326. The van der Waals surface area contributed by atoms with Crippen molar-refractivity contribution in [2.75, 3.05) is 11.9 Å². The molecule has 146 valence electrons. The van der Waals surface area contributed by atoms with Crippen LogP contribution >= 0.6 is 63.7 Å². The van der Waals surface area contributed by atoms with Crippen molar-refractivity contribution in [2.45, 2.75) is 65.0 Å². The topological polar surface area (TPSA) is 52.7 Å². The number of unbranched alkanes of at least 4 members (excludes halogenated alkanes) is 2. The van der Waals surface area contributed by atoms with E-state index < -0.39 is 0 Å². The number of anilines is 1. The predicted octanol–water partition coefficient (Wildman–Crippen LogP) is 7.36. The van der Waals surface area contributed by atoms with Gasteiger partial charge in [-0.25, -0.2) is 4.98 Å². The van der Waals surface area contributed by atoms with Crippen molar-refractivity contribution in [3.05, 3.63) is 17.9 Å². The summed E-state index contributed by atoms with van der Waals surface area (Å²) >= 11 is 14.5. The van der Waals surface area contributed by atoms with Crippen LogP contribution in [0.25, 0.3) is 11.0 Å². The number of benzene rings is 1. The molecule has 3 N–H and O–H groups in total. The lowest BCUT2D eigenvalue weighted by molar-refractivity contribution is 0.421. The number of H-pyrrole nitrogens is 1. The summed E-state index contributed by atoms with van der Waals surface area (Å²) in [6.07, 6.45) is 5.88. The van der Waals surface area contributed by atoms with Crippen LogP contribution in [0.2, 0.25) is 0 Å². The van der Waals surface area contributed by atoms with Crippen molar-refractivity contribution < 1.29 is 0 Å². The number of rotatable bonds is 10. The molecule has 26 heavy (non-hydrogen) atoms. The van der Waals surface area contributed by atoms with Gasteiger partial charge in [0.1, 0.15) is 5.52 Å². The van der Waals surface area contributed by atoms with Crippen LogP contribution in [-0.4, -0.2) is 28.6 Å². The third-order valence-corrected chi connectivity index (χ3v) is 9.33. The van der Waals surface area contributed by atoms with Crippen LogP contribution in [-0.2, 0) is 0 Å². The summed E-state index contributed by atoms with van der Waals surface area (Å²) in [6.45, 7) is 7.77. The van der Waals surface area contributed by atoms with E-state index in [1.54, 1.807) is 0 Å². The number of fused-ring (bicyclic) bond motifs is 1. The predicted molar refractivity (Wildman–Crippen MR) is 126 cm³/mol. The molecule has 2 rings (SSSR count). The van der Waals surface area contributed by atoms with Gasteiger partial charge in [0.15, 0.2) is 0 Å². The van der Waals surface area contributed by atoms with Crippen LogP contribution in [0.5, 0.6) is 0 Å². The summed E-state index contributed by atoms with van der Waals surface area (Å²) in [7, 11) is 0. The van der Waals surface area contributed by atoms with Crippen LogP contribution in [0.4, 0.5) is 5.95 Å². The zero-order valence-corrected chi connectivity index (χ0v) is 21.7. The number of nitrogens with one attached hydrogen (secondary N) is 3. The lowest BCUT2D eigenvalue weighted by atomic mass is 10.0. The van der Waals surface area contributed by atoms with E-state index in [0.29, 0.717) is 12.1 Å². The molecule has 0 saturated carbocycles. The van der Waals surface area contributed by atoms with Crippen molar-refractivity contribution in [3.8, 4) is 0 Å². The Balaban J connectivity index is 2.19. The normalized spacial score (nSPS) is 14.0. The third-order valence-electron chi connectivity index (χ3n) is 4.58. The minimum Gasteiger partial charge on any atom is -0.352 e. The van der Waals surface area contributed by atoms with Gasteiger partial charge in [0.2, 0.25) is 5.95 Å². The molecular formula is C18H26Br4N4. The monoisotopic (exact) mass is 614 g/mol. The summed E-state index contributed by atoms with van der Waals surface area (Å²) in [6, 6.07) is 0.752. The second-order valence-electron chi connectivity index (χ2n) is 6.40. The van der Waals surface area contributed by atoms with E-state index in [1.807, 2.05) is 0 Å². The maximum absolute atomic E-state index is 4.77. The molecule has 0 aliphatic carbocycles. The highest BCUT2D eigenvalue weighted by Crippen LogP contribution is 2.43. The molecule has 1 aromatic carbocycles. The molecule has 1 heterocycles. The van der Waals surface area contributed by atoms with Crippen LogP contribution in [0.15, 0.2) is 17.9 Å². The maximum Gasteiger partial charge on any atom is 0.201 e. The van der Waals surface area contributed by atoms with Crippen LogP contribution in [0.3, 0.4) is 0 Å². The molecular weight excluding hydrogens is 592 g/mol. The number of imidazole rings is 1.